The number of nitrogens with zero attached hydrogens (tertiary/aromatic N) is 4. The highest BCUT2D eigenvalue weighted by Gasteiger charge is 2.17. The van der Waals surface area contributed by atoms with Crippen LogP contribution in [-0.2, 0) is 0 Å². The summed E-state index contributed by atoms with van der Waals surface area (Å²) in [6, 6.07) is 8.80. The van der Waals surface area contributed by atoms with Gasteiger partial charge >= 0.3 is 0 Å². The summed E-state index contributed by atoms with van der Waals surface area (Å²) in [5, 5.41) is 12.2. The molecule has 3 aromatic rings. The van der Waals surface area contributed by atoms with Crippen molar-refractivity contribution in [1.82, 2.24) is 9.97 Å². The highest BCUT2D eigenvalue weighted by molar-refractivity contribution is 8.01. The van der Waals surface area contributed by atoms with Crippen molar-refractivity contribution in [2.75, 3.05) is 18.0 Å². The molecule has 124 valence electrons. The van der Waals surface area contributed by atoms with Crippen molar-refractivity contribution in [3.05, 3.63) is 46.8 Å². The summed E-state index contributed by atoms with van der Waals surface area (Å²) in [5.74, 6) is 0.913. The van der Waals surface area contributed by atoms with Crippen LogP contribution in [0.1, 0.15) is 13.8 Å². The molecule has 0 fully saturated rings. The Hall–Kier alpha value is -2.19. The Balaban J connectivity index is 2.01. The average Bonchev–Trinajstić information content (AvgIpc) is 2.99. The molecule has 0 atom stereocenters. The summed E-state index contributed by atoms with van der Waals surface area (Å²) in [4.78, 5) is 23.3. The number of thiophene rings is 1. The van der Waals surface area contributed by atoms with Crippen LogP contribution in [0.3, 0.4) is 0 Å². The molecule has 3 rings (SSSR count). The van der Waals surface area contributed by atoms with Gasteiger partial charge in [0, 0.05) is 19.2 Å². The topological polar surface area (TPSA) is 72.2 Å². The zero-order chi connectivity index (χ0) is 17.1. The van der Waals surface area contributed by atoms with Crippen molar-refractivity contribution in [1.29, 1.82) is 0 Å². The molecular formula is C16H16N4O2S2. The molecule has 6 nitrogen and oxygen atoms in total. The van der Waals surface area contributed by atoms with Gasteiger partial charge in [-0.25, -0.2) is 9.97 Å². The molecule has 0 N–H and O–H groups in total. The number of nitro groups is 1. The molecular weight excluding hydrogens is 344 g/mol. The molecule has 0 aliphatic rings. The molecule has 0 spiro atoms. The van der Waals surface area contributed by atoms with E-state index in [0.717, 1.165) is 33.3 Å². The molecule has 2 aromatic heterocycles. The van der Waals surface area contributed by atoms with Crippen LogP contribution in [0, 0.1) is 10.1 Å². The first-order valence-electron chi connectivity index (χ1n) is 7.54. The number of nitro benzene ring substituents is 1. The Bertz CT molecular complexity index is 877. The highest BCUT2D eigenvalue weighted by Crippen LogP contribution is 2.41. The standard InChI is InChI=1S/C16H16N4O2S2/c1-3-19(4-2)15-11-9-14(24-16(11)18-10-17-15)23-13-8-6-5-7-12(13)20(21)22/h5-10H,3-4H2,1-2H3. The third-order valence-electron chi connectivity index (χ3n) is 3.62. The van der Waals surface area contributed by atoms with Crippen LogP contribution in [-0.4, -0.2) is 28.0 Å². The van der Waals surface area contributed by atoms with Crippen molar-refractivity contribution in [2.24, 2.45) is 0 Å². The first-order valence-corrected chi connectivity index (χ1v) is 9.18. The van der Waals surface area contributed by atoms with E-state index in [0.29, 0.717) is 4.90 Å². The van der Waals surface area contributed by atoms with Gasteiger partial charge in [0.1, 0.15) is 17.0 Å². The molecule has 1 aromatic carbocycles. The van der Waals surface area contributed by atoms with Crippen LogP contribution >= 0.6 is 23.1 Å². The fourth-order valence-corrected chi connectivity index (χ4v) is 4.64. The number of anilines is 1. The van der Waals surface area contributed by atoms with Gasteiger partial charge in [0.25, 0.3) is 5.69 Å². The lowest BCUT2D eigenvalue weighted by Gasteiger charge is -2.19. The molecule has 2 heterocycles. The van der Waals surface area contributed by atoms with Crippen molar-refractivity contribution < 1.29 is 4.92 Å². The van der Waals surface area contributed by atoms with Gasteiger partial charge in [-0.3, -0.25) is 10.1 Å². The van der Waals surface area contributed by atoms with Gasteiger partial charge in [0.2, 0.25) is 0 Å². The minimum Gasteiger partial charge on any atom is -0.357 e. The molecule has 0 saturated carbocycles. The normalized spacial score (nSPS) is 10.9. The Morgan fingerprint density at radius 3 is 2.71 bits per heavy atom. The van der Waals surface area contributed by atoms with E-state index < -0.39 is 0 Å². The summed E-state index contributed by atoms with van der Waals surface area (Å²) >= 11 is 2.92. The number of para-hydroxylation sites is 1. The molecule has 0 aliphatic carbocycles. The number of benzene rings is 1. The second-order valence-electron chi connectivity index (χ2n) is 4.98. The molecule has 0 radical (unpaired) electrons. The lowest BCUT2D eigenvalue weighted by atomic mass is 10.3. The minimum atomic E-state index is -0.350. The van der Waals surface area contributed by atoms with Crippen LogP contribution < -0.4 is 4.90 Å². The number of hydrogen-bond acceptors (Lipinski definition) is 7. The number of rotatable bonds is 6. The second kappa shape index (κ2) is 7.14. The van der Waals surface area contributed by atoms with E-state index >= 15 is 0 Å². The van der Waals surface area contributed by atoms with Crippen molar-refractivity contribution in [3.8, 4) is 0 Å². The summed E-state index contributed by atoms with van der Waals surface area (Å²) in [6.07, 6.45) is 1.58. The van der Waals surface area contributed by atoms with E-state index in [1.54, 1.807) is 18.5 Å². The van der Waals surface area contributed by atoms with E-state index in [1.807, 2.05) is 12.1 Å². The quantitative estimate of drug-likeness (QED) is 0.473. The maximum absolute atomic E-state index is 11.2. The lowest BCUT2D eigenvalue weighted by Crippen LogP contribution is -2.23. The summed E-state index contributed by atoms with van der Waals surface area (Å²) in [6.45, 7) is 5.91. The van der Waals surface area contributed by atoms with E-state index in [4.69, 9.17) is 0 Å². The monoisotopic (exact) mass is 360 g/mol. The van der Waals surface area contributed by atoms with Gasteiger partial charge in [-0.1, -0.05) is 23.9 Å². The van der Waals surface area contributed by atoms with Gasteiger partial charge in [0.05, 0.1) is 19.4 Å². The van der Waals surface area contributed by atoms with E-state index in [2.05, 4.69) is 28.7 Å². The van der Waals surface area contributed by atoms with E-state index in [9.17, 15) is 10.1 Å². The van der Waals surface area contributed by atoms with Gasteiger partial charge in [0.15, 0.2) is 0 Å². The smallest absolute Gasteiger partial charge is 0.283 e. The Kier molecular flexibility index (Phi) is 4.96. The van der Waals surface area contributed by atoms with Crippen LogP contribution in [0.15, 0.2) is 45.8 Å². The van der Waals surface area contributed by atoms with Gasteiger partial charge < -0.3 is 4.90 Å². The third-order valence-corrected chi connectivity index (χ3v) is 5.84. The first-order chi connectivity index (χ1) is 11.6. The maximum Gasteiger partial charge on any atom is 0.283 e. The molecule has 8 heteroatoms. The predicted molar refractivity (Wildman–Crippen MR) is 98.2 cm³/mol. The molecule has 0 unspecified atom stereocenters. The van der Waals surface area contributed by atoms with Crippen molar-refractivity contribution >= 4 is 44.8 Å². The SMILES string of the molecule is CCN(CC)c1ncnc2sc(Sc3ccccc3[N+](=O)[O-])cc12. The van der Waals surface area contributed by atoms with Crippen molar-refractivity contribution in [3.63, 3.8) is 0 Å². The Morgan fingerprint density at radius 2 is 2.00 bits per heavy atom. The lowest BCUT2D eigenvalue weighted by molar-refractivity contribution is -0.387. The zero-order valence-corrected chi connectivity index (χ0v) is 14.9. The van der Waals surface area contributed by atoms with Gasteiger partial charge in [-0.15, -0.1) is 11.3 Å². The van der Waals surface area contributed by atoms with E-state index in [1.165, 1.54) is 29.2 Å². The Labute approximate surface area is 147 Å². The second-order valence-corrected chi connectivity index (χ2v) is 7.35. The van der Waals surface area contributed by atoms with Crippen LogP contribution in [0.4, 0.5) is 11.5 Å². The third kappa shape index (κ3) is 3.20. The van der Waals surface area contributed by atoms with E-state index in [-0.39, 0.29) is 10.6 Å². The number of aromatic nitrogens is 2. The van der Waals surface area contributed by atoms with Crippen LogP contribution in [0.25, 0.3) is 10.2 Å². The molecule has 0 aliphatic heterocycles. The molecule has 0 bridgehead atoms. The zero-order valence-electron chi connectivity index (χ0n) is 13.3. The maximum atomic E-state index is 11.2. The predicted octanol–water partition coefficient (Wildman–Crippen LogP) is 4.60. The minimum absolute atomic E-state index is 0.120. The number of fused-ring (bicyclic) bond motifs is 1. The summed E-state index contributed by atoms with van der Waals surface area (Å²) in [7, 11) is 0. The van der Waals surface area contributed by atoms with Crippen LogP contribution in [0.5, 0.6) is 0 Å². The Morgan fingerprint density at radius 1 is 1.25 bits per heavy atom. The molecule has 24 heavy (non-hydrogen) atoms. The fraction of sp³-hybridized carbons (Fsp3) is 0.250. The van der Waals surface area contributed by atoms with Crippen molar-refractivity contribution in [2.45, 2.75) is 23.0 Å². The number of hydrogen-bond donors (Lipinski definition) is 0. The van der Waals surface area contributed by atoms with Gasteiger partial charge in [-0.05, 0) is 26.0 Å². The largest absolute Gasteiger partial charge is 0.357 e. The summed E-state index contributed by atoms with van der Waals surface area (Å²) in [5.41, 5.74) is 0.120. The molecule has 0 saturated heterocycles. The van der Waals surface area contributed by atoms with Crippen LogP contribution in [0.2, 0.25) is 0 Å². The first kappa shape index (κ1) is 16.7. The summed E-state index contributed by atoms with van der Waals surface area (Å²) < 4.78 is 0.966. The average molecular weight is 360 g/mol. The fourth-order valence-electron chi connectivity index (χ4n) is 2.45. The molecule has 0 amide bonds. The highest BCUT2D eigenvalue weighted by atomic mass is 32.2. The van der Waals surface area contributed by atoms with Gasteiger partial charge in [-0.2, -0.15) is 0 Å².